The number of fused-ring (bicyclic) bond motifs is 1. The standard InChI is InChI=1S/C22H26N4O3S/c1-14(15-6-3-2-4-7-15)24-22(27)17-10-11-20-19(13-17)21(26-25-20)16-8-5-9-18(12-16)30(23,28)29/h5,8-15H,2-4,6-7H2,1H3,(H,24,27)(H,25,26)(H2,23,28,29). The van der Waals surface area contributed by atoms with Gasteiger partial charge in [-0.25, -0.2) is 13.6 Å². The number of nitrogens with zero attached hydrogens (tertiary/aromatic N) is 1. The minimum atomic E-state index is -3.82. The van der Waals surface area contributed by atoms with Gasteiger partial charge in [0.25, 0.3) is 5.91 Å². The van der Waals surface area contributed by atoms with Crippen LogP contribution in [-0.2, 0) is 10.0 Å². The van der Waals surface area contributed by atoms with E-state index < -0.39 is 10.0 Å². The van der Waals surface area contributed by atoms with Crippen molar-refractivity contribution in [1.82, 2.24) is 15.5 Å². The van der Waals surface area contributed by atoms with E-state index >= 15 is 0 Å². The van der Waals surface area contributed by atoms with Crippen molar-refractivity contribution >= 4 is 26.8 Å². The Morgan fingerprint density at radius 1 is 1.17 bits per heavy atom. The molecule has 1 aliphatic carbocycles. The first-order chi connectivity index (χ1) is 14.3. The fourth-order valence-electron chi connectivity index (χ4n) is 4.24. The lowest BCUT2D eigenvalue weighted by atomic mass is 9.84. The zero-order valence-electron chi connectivity index (χ0n) is 16.9. The molecule has 0 spiro atoms. The van der Waals surface area contributed by atoms with Crippen LogP contribution in [0.25, 0.3) is 22.2 Å². The van der Waals surface area contributed by atoms with Gasteiger partial charge in [0, 0.05) is 22.6 Å². The Morgan fingerprint density at radius 2 is 1.93 bits per heavy atom. The van der Waals surface area contributed by atoms with Crippen LogP contribution < -0.4 is 10.5 Å². The Bertz CT molecular complexity index is 1180. The second-order valence-electron chi connectivity index (χ2n) is 8.07. The summed E-state index contributed by atoms with van der Waals surface area (Å²) in [6.45, 7) is 2.08. The number of carbonyl (C=O) groups is 1. The van der Waals surface area contributed by atoms with Crippen LogP contribution in [0.5, 0.6) is 0 Å². The molecule has 0 radical (unpaired) electrons. The van der Waals surface area contributed by atoms with Gasteiger partial charge in [0.15, 0.2) is 0 Å². The fourth-order valence-corrected chi connectivity index (χ4v) is 4.80. The van der Waals surface area contributed by atoms with Gasteiger partial charge in [-0.3, -0.25) is 9.89 Å². The lowest BCUT2D eigenvalue weighted by Crippen LogP contribution is -2.38. The van der Waals surface area contributed by atoms with Crippen LogP contribution in [0.2, 0.25) is 0 Å². The summed E-state index contributed by atoms with van der Waals surface area (Å²) in [7, 11) is -3.82. The van der Waals surface area contributed by atoms with E-state index in [4.69, 9.17) is 5.14 Å². The Morgan fingerprint density at radius 3 is 2.67 bits per heavy atom. The Balaban J connectivity index is 1.62. The van der Waals surface area contributed by atoms with Crippen molar-refractivity contribution in [3.05, 3.63) is 48.0 Å². The van der Waals surface area contributed by atoms with E-state index in [9.17, 15) is 13.2 Å². The maximum Gasteiger partial charge on any atom is 0.251 e. The van der Waals surface area contributed by atoms with Gasteiger partial charge in [0.05, 0.1) is 16.1 Å². The SMILES string of the molecule is CC(NC(=O)c1ccc2[nH]nc(-c3cccc(S(N)(=O)=O)c3)c2c1)C1CCCCC1. The molecule has 3 aromatic rings. The van der Waals surface area contributed by atoms with Crippen LogP contribution in [0.1, 0.15) is 49.4 Å². The smallest absolute Gasteiger partial charge is 0.251 e. The number of primary sulfonamides is 1. The average molecular weight is 427 g/mol. The highest BCUT2D eigenvalue weighted by molar-refractivity contribution is 7.89. The van der Waals surface area contributed by atoms with Crippen LogP contribution in [0.3, 0.4) is 0 Å². The molecule has 1 heterocycles. The van der Waals surface area contributed by atoms with Gasteiger partial charge in [-0.15, -0.1) is 0 Å². The van der Waals surface area contributed by atoms with Gasteiger partial charge < -0.3 is 5.32 Å². The van der Waals surface area contributed by atoms with Crippen molar-refractivity contribution in [3.63, 3.8) is 0 Å². The molecule has 4 N–H and O–H groups in total. The third-order valence-corrected chi connectivity index (χ3v) is 6.89. The molecule has 1 unspecified atom stereocenters. The second kappa shape index (κ2) is 8.20. The quantitative estimate of drug-likeness (QED) is 0.578. The Kier molecular flexibility index (Phi) is 5.62. The predicted molar refractivity (Wildman–Crippen MR) is 116 cm³/mol. The Hall–Kier alpha value is -2.71. The molecule has 1 aromatic heterocycles. The molecule has 1 amide bonds. The summed E-state index contributed by atoms with van der Waals surface area (Å²) >= 11 is 0. The van der Waals surface area contributed by atoms with Crippen molar-refractivity contribution in [2.24, 2.45) is 11.1 Å². The summed E-state index contributed by atoms with van der Waals surface area (Å²) in [6, 6.07) is 11.8. The van der Waals surface area contributed by atoms with Crippen molar-refractivity contribution in [3.8, 4) is 11.3 Å². The fraction of sp³-hybridized carbons (Fsp3) is 0.364. The number of nitrogens with two attached hydrogens (primary N) is 1. The van der Waals surface area contributed by atoms with Crippen LogP contribution in [0.4, 0.5) is 0 Å². The number of rotatable bonds is 5. The molecule has 2 aromatic carbocycles. The monoisotopic (exact) mass is 426 g/mol. The van der Waals surface area contributed by atoms with E-state index in [1.807, 2.05) is 6.07 Å². The van der Waals surface area contributed by atoms with Gasteiger partial charge in [-0.2, -0.15) is 5.10 Å². The van der Waals surface area contributed by atoms with E-state index in [1.54, 1.807) is 24.3 Å². The van der Waals surface area contributed by atoms with Crippen LogP contribution in [0, 0.1) is 5.92 Å². The van der Waals surface area contributed by atoms with Crippen molar-refractivity contribution in [2.45, 2.75) is 50.0 Å². The first-order valence-electron chi connectivity index (χ1n) is 10.2. The van der Waals surface area contributed by atoms with E-state index in [-0.39, 0.29) is 16.8 Å². The predicted octanol–water partition coefficient (Wildman–Crippen LogP) is 3.58. The molecule has 8 heteroatoms. The van der Waals surface area contributed by atoms with Crippen LogP contribution >= 0.6 is 0 Å². The lowest BCUT2D eigenvalue weighted by molar-refractivity contribution is 0.0919. The number of benzene rings is 2. The zero-order valence-corrected chi connectivity index (χ0v) is 17.7. The van der Waals surface area contributed by atoms with Gasteiger partial charge in [0.2, 0.25) is 10.0 Å². The maximum atomic E-state index is 12.9. The molecule has 0 saturated heterocycles. The first kappa shape index (κ1) is 20.6. The molecule has 1 saturated carbocycles. The number of H-pyrrole nitrogens is 1. The summed E-state index contributed by atoms with van der Waals surface area (Å²) in [5.74, 6) is 0.414. The third-order valence-electron chi connectivity index (χ3n) is 5.98. The number of hydrogen-bond acceptors (Lipinski definition) is 4. The molecular formula is C22H26N4O3S. The van der Waals surface area contributed by atoms with Crippen molar-refractivity contribution in [2.75, 3.05) is 0 Å². The lowest BCUT2D eigenvalue weighted by Gasteiger charge is -2.28. The molecule has 0 bridgehead atoms. The zero-order chi connectivity index (χ0) is 21.3. The van der Waals surface area contributed by atoms with E-state index in [1.165, 1.54) is 31.4 Å². The van der Waals surface area contributed by atoms with Gasteiger partial charge in [-0.05, 0) is 56.0 Å². The summed E-state index contributed by atoms with van der Waals surface area (Å²) in [4.78, 5) is 12.9. The summed E-state index contributed by atoms with van der Waals surface area (Å²) < 4.78 is 23.4. The minimum absolute atomic E-state index is 0.0198. The summed E-state index contributed by atoms with van der Waals surface area (Å²) in [5, 5.41) is 16.4. The molecule has 158 valence electrons. The number of nitrogens with one attached hydrogen (secondary N) is 2. The molecule has 1 aliphatic rings. The molecule has 1 fully saturated rings. The number of amides is 1. The average Bonchev–Trinajstić information content (AvgIpc) is 3.17. The van der Waals surface area contributed by atoms with Crippen molar-refractivity contribution in [1.29, 1.82) is 0 Å². The normalized spacial score (nSPS) is 16.5. The number of carbonyl (C=O) groups excluding carboxylic acids is 1. The van der Waals surface area contributed by atoms with E-state index in [0.29, 0.717) is 22.7 Å². The van der Waals surface area contributed by atoms with Crippen molar-refractivity contribution < 1.29 is 13.2 Å². The molecule has 1 atom stereocenters. The third kappa shape index (κ3) is 4.24. The summed E-state index contributed by atoms with van der Waals surface area (Å²) in [6.07, 6.45) is 6.06. The first-order valence-corrected chi connectivity index (χ1v) is 11.8. The molecular weight excluding hydrogens is 400 g/mol. The topological polar surface area (TPSA) is 118 Å². The number of sulfonamides is 1. The maximum absolute atomic E-state index is 12.9. The highest BCUT2D eigenvalue weighted by atomic mass is 32.2. The minimum Gasteiger partial charge on any atom is -0.349 e. The Labute approximate surface area is 176 Å². The number of hydrogen-bond donors (Lipinski definition) is 3. The van der Waals surface area contributed by atoms with Gasteiger partial charge in [0.1, 0.15) is 0 Å². The number of aromatic amines is 1. The highest BCUT2D eigenvalue weighted by Gasteiger charge is 2.22. The molecule has 7 nitrogen and oxygen atoms in total. The number of aromatic nitrogens is 2. The molecule has 0 aliphatic heterocycles. The largest absolute Gasteiger partial charge is 0.349 e. The molecule has 30 heavy (non-hydrogen) atoms. The van der Waals surface area contributed by atoms with Crippen LogP contribution in [0.15, 0.2) is 47.4 Å². The van der Waals surface area contributed by atoms with Gasteiger partial charge in [-0.1, -0.05) is 31.4 Å². The highest BCUT2D eigenvalue weighted by Crippen LogP contribution is 2.29. The van der Waals surface area contributed by atoms with E-state index in [0.717, 1.165) is 23.7 Å². The van der Waals surface area contributed by atoms with E-state index in [2.05, 4.69) is 22.4 Å². The van der Waals surface area contributed by atoms with Crippen LogP contribution in [-0.4, -0.2) is 30.6 Å². The second-order valence-corrected chi connectivity index (χ2v) is 9.63. The van der Waals surface area contributed by atoms with Gasteiger partial charge >= 0.3 is 0 Å². The molecule has 4 rings (SSSR count). The summed E-state index contributed by atoms with van der Waals surface area (Å²) in [5.41, 5.74) is 2.50.